The van der Waals surface area contributed by atoms with Gasteiger partial charge in [-0.2, -0.15) is 0 Å². The maximum absolute atomic E-state index is 10.8. The first-order chi connectivity index (χ1) is 7.56. The Kier molecular flexibility index (Phi) is 3.66. The van der Waals surface area contributed by atoms with Gasteiger partial charge in [0.1, 0.15) is 11.5 Å². The number of carboxylic acid groups (broad SMARTS) is 1. The van der Waals surface area contributed by atoms with Gasteiger partial charge in [-0.1, -0.05) is 12.1 Å². The first kappa shape index (κ1) is 11.8. The number of aliphatic hydroxyl groups is 1. The van der Waals surface area contributed by atoms with Gasteiger partial charge in [0.25, 0.3) is 5.78 Å². The lowest BCUT2D eigenvalue weighted by atomic mass is 10.1. The summed E-state index contributed by atoms with van der Waals surface area (Å²) in [5.41, 5.74) is 0.264. The Labute approximate surface area is 91.6 Å². The highest BCUT2D eigenvalue weighted by molar-refractivity contribution is 6.38. The number of aliphatic hydroxyl groups excluding tert-OH is 1. The Bertz CT molecular complexity index is 447. The number of rotatable bonds is 4. The normalized spacial score (nSPS) is 10.9. The van der Waals surface area contributed by atoms with Crippen molar-refractivity contribution in [1.82, 2.24) is 0 Å². The minimum atomic E-state index is -1.62. The van der Waals surface area contributed by atoms with E-state index in [-0.39, 0.29) is 5.56 Å². The molecule has 0 aliphatic rings. The minimum Gasteiger partial charge on any atom is -0.507 e. The summed E-state index contributed by atoms with van der Waals surface area (Å²) in [6.45, 7) is 0. The SMILES string of the molecule is COc1ccccc1/C(O)=C/C(=O)C(=O)O. The van der Waals surface area contributed by atoms with Gasteiger partial charge in [0.15, 0.2) is 0 Å². The molecule has 0 aliphatic carbocycles. The number of carbonyl (C=O) groups is 2. The largest absolute Gasteiger partial charge is 0.507 e. The van der Waals surface area contributed by atoms with Crippen molar-refractivity contribution in [2.45, 2.75) is 0 Å². The lowest BCUT2D eigenvalue weighted by Gasteiger charge is -2.06. The van der Waals surface area contributed by atoms with E-state index in [1.54, 1.807) is 18.2 Å². The van der Waals surface area contributed by atoms with Gasteiger partial charge in [-0.3, -0.25) is 4.79 Å². The number of carbonyl (C=O) groups excluding carboxylic acids is 1. The average Bonchev–Trinajstić information content (AvgIpc) is 2.28. The smallest absolute Gasteiger partial charge is 0.376 e. The Balaban J connectivity index is 3.09. The van der Waals surface area contributed by atoms with E-state index in [2.05, 4.69) is 0 Å². The van der Waals surface area contributed by atoms with Crippen molar-refractivity contribution in [1.29, 1.82) is 0 Å². The van der Waals surface area contributed by atoms with Crippen LogP contribution in [0.1, 0.15) is 5.56 Å². The van der Waals surface area contributed by atoms with E-state index in [0.29, 0.717) is 11.8 Å². The van der Waals surface area contributed by atoms with Gasteiger partial charge >= 0.3 is 5.97 Å². The van der Waals surface area contributed by atoms with Crippen LogP contribution in [0.4, 0.5) is 0 Å². The van der Waals surface area contributed by atoms with Crippen LogP contribution in [0.15, 0.2) is 30.3 Å². The molecule has 16 heavy (non-hydrogen) atoms. The van der Waals surface area contributed by atoms with E-state index in [4.69, 9.17) is 9.84 Å². The van der Waals surface area contributed by atoms with Crippen LogP contribution in [-0.2, 0) is 9.59 Å². The number of aliphatic carboxylic acids is 1. The number of carboxylic acids is 1. The number of para-hydroxylation sites is 1. The fourth-order valence-electron chi connectivity index (χ4n) is 1.12. The predicted octanol–water partition coefficient (Wildman–Crippen LogP) is 1.25. The summed E-state index contributed by atoms with van der Waals surface area (Å²) >= 11 is 0. The molecular formula is C11H10O5. The molecule has 0 radical (unpaired) electrons. The molecule has 1 aromatic carbocycles. The fraction of sp³-hybridized carbons (Fsp3) is 0.0909. The second-order valence-corrected chi connectivity index (χ2v) is 2.90. The van der Waals surface area contributed by atoms with Crippen LogP contribution in [0.2, 0.25) is 0 Å². The quantitative estimate of drug-likeness (QED) is 0.455. The molecule has 1 aromatic rings. The third-order valence-corrected chi connectivity index (χ3v) is 1.86. The van der Waals surface area contributed by atoms with Crippen molar-refractivity contribution in [2.24, 2.45) is 0 Å². The molecule has 0 amide bonds. The number of ether oxygens (including phenoxy) is 1. The molecule has 84 valence electrons. The van der Waals surface area contributed by atoms with E-state index >= 15 is 0 Å². The molecule has 0 aromatic heterocycles. The number of ketones is 1. The van der Waals surface area contributed by atoms with Crippen LogP contribution in [0, 0.1) is 0 Å². The molecule has 0 heterocycles. The summed E-state index contributed by atoms with van der Waals surface area (Å²) in [6, 6.07) is 6.42. The van der Waals surface area contributed by atoms with Crippen molar-refractivity contribution < 1.29 is 24.5 Å². The summed E-state index contributed by atoms with van der Waals surface area (Å²) in [7, 11) is 1.41. The highest BCUT2D eigenvalue weighted by Crippen LogP contribution is 2.23. The predicted molar refractivity (Wildman–Crippen MR) is 56.2 cm³/mol. The summed E-state index contributed by atoms with van der Waals surface area (Å²) in [5.74, 6) is -2.90. The lowest BCUT2D eigenvalue weighted by Crippen LogP contribution is -2.09. The van der Waals surface area contributed by atoms with Crippen LogP contribution in [0.25, 0.3) is 5.76 Å². The summed E-state index contributed by atoms with van der Waals surface area (Å²) in [5, 5.41) is 17.9. The van der Waals surface area contributed by atoms with Gasteiger partial charge in [0.05, 0.1) is 12.7 Å². The molecule has 0 saturated heterocycles. The zero-order valence-electron chi connectivity index (χ0n) is 8.51. The maximum Gasteiger partial charge on any atom is 0.376 e. The molecule has 2 N–H and O–H groups in total. The standard InChI is InChI=1S/C11H10O5/c1-16-10-5-3-2-4-7(10)8(12)6-9(13)11(14)15/h2-6,12H,1H3,(H,14,15)/b8-6-. The number of methoxy groups -OCH3 is 1. The number of hydrogen-bond acceptors (Lipinski definition) is 4. The number of benzene rings is 1. The van der Waals surface area contributed by atoms with Crippen molar-refractivity contribution in [2.75, 3.05) is 7.11 Å². The van der Waals surface area contributed by atoms with E-state index in [1.807, 2.05) is 0 Å². The van der Waals surface area contributed by atoms with Crippen LogP contribution < -0.4 is 4.74 Å². The summed E-state index contributed by atoms with van der Waals surface area (Å²) in [4.78, 5) is 21.1. The maximum atomic E-state index is 10.8. The van der Waals surface area contributed by atoms with Crippen LogP contribution in [0.5, 0.6) is 5.75 Å². The molecule has 0 aliphatic heterocycles. The Hall–Kier alpha value is -2.30. The highest BCUT2D eigenvalue weighted by Gasteiger charge is 2.12. The molecule has 0 saturated carbocycles. The first-order valence-corrected chi connectivity index (χ1v) is 4.37. The molecule has 0 unspecified atom stereocenters. The van der Waals surface area contributed by atoms with Crippen LogP contribution in [-0.4, -0.2) is 29.1 Å². The molecule has 5 heteroatoms. The average molecular weight is 222 g/mol. The first-order valence-electron chi connectivity index (χ1n) is 4.37. The third kappa shape index (κ3) is 2.60. The molecule has 1 rings (SSSR count). The second kappa shape index (κ2) is 4.97. The highest BCUT2D eigenvalue weighted by atomic mass is 16.5. The molecule has 5 nitrogen and oxygen atoms in total. The topological polar surface area (TPSA) is 83.8 Å². The summed E-state index contributed by atoms with van der Waals surface area (Å²) in [6.07, 6.45) is 0.639. The molecule has 0 atom stereocenters. The molecule has 0 fully saturated rings. The van der Waals surface area contributed by atoms with Crippen molar-refractivity contribution in [3.8, 4) is 5.75 Å². The zero-order valence-corrected chi connectivity index (χ0v) is 8.51. The molecule has 0 spiro atoms. The Morgan fingerprint density at radius 2 is 1.88 bits per heavy atom. The van der Waals surface area contributed by atoms with Gasteiger partial charge in [-0.05, 0) is 12.1 Å². The van der Waals surface area contributed by atoms with Gasteiger partial charge in [0, 0.05) is 6.08 Å². The lowest BCUT2D eigenvalue weighted by molar-refractivity contribution is -0.146. The minimum absolute atomic E-state index is 0.264. The summed E-state index contributed by atoms with van der Waals surface area (Å²) < 4.78 is 4.95. The van der Waals surface area contributed by atoms with Crippen molar-refractivity contribution in [3.63, 3.8) is 0 Å². The molecule has 0 bridgehead atoms. The Morgan fingerprint density at radius 1 is 1.25 bits per heavy atom. The van der Waals surface area contributed by atoms with E-state index in [0.717, 1.165) is 0 Å². The van der Waals surface area contributed by atoms with E-state index in [1.165, 1.54) is 13.2 Å². The van der Waals surface area contributed by atoms with E-state index < -0.39 is 17.5 Å². The van der Waals surface area contributed by atoms with Gasteiger partial charge in [-0.25, -0.2) is 4.79 Å². The molecular weight excluding hydrogens is 212 g/mol. The van der Waals surface area contributed by atoms with Crippen LogP contribution in [0.3, 0.4) is 0 Å². The van der Waals surface area contributed by atoms with Gasteiger partial charge in [-0.15, -0.1) is 0 Å². The Morgan fingerprint density at radius 3 is 2.44 bits per heavy atom. The van der Waals surface area contributed by atoms with Gasteiger partial charge < -0.3 is 14.9 Å². The monoisotopic (exact) mass is 222 g/mol. The van der Waals surface area contributed by atoms with Crippen molar-refractivity contribution >= 4 is 17.5 Å². The van der Waals surface area contributed by atoms with E-state index in [9.17, 15) is 14.7 Å². The number of hydrogen-bond donors (Lipinski definition) is 2. The van der Waals surface area contributed by atoms with Gasteiger partial charge in [0.2, 0.25) is 0 Å². The fourth-order valence-corrected chi connectivity index (χ4v) is 1.12. The van der Waals surface area contributed by atoms with Crippen LogP contribution >= 0.6 is 0 Å². The van der Waals surface area contributed by atoms with Crippen molar-refractivity contribution in [3.05, 3.63) is 35.9 Å². The second-order valence-electron chi connectivity index (χ2n) is 2.90. The zero-order chi connectivity index (χ0) is 12.1. The third-order valence-electron chi connectivity index (χ3n) is 1.86.